The van der Waals surface area contributed by atoms with Crippen LogP contribution in [-0.4, -0.2) is 0 Å². The maximum atomic E-state index is 13.5. The molecule has 1 nitrogen and oxygen atoms in total. The zero-order valence-electron chi connectivity index (χ0n) is 12.4. The molecule has 0 saturated carbocycles. The van der Waals surface area contributed by atoms with E-state index in [0.29, 0.717) is 0 Å². The van der Waals surface area contributed by atoms with Crippen LogP contribution in [0, 0.1) is 19.7 Å². The highest BCUT2D eigenvalue weighted by Crippen LogP contribution is 2.35. The van der Waals surface area contributed by atoms with E-state index in [-0.39, 0.29) is 11.9 Å². The molecule has 1 N–H and O–H groups in total. The lowest BCUT2D eigenvalue weighted by molar-refractivity contribution is 0.626. The smallest absolute Gasteiger partial charge is 0.125 e. The van der Waals surface area contributed by atoms with Gasteiger partial charge in [0, 0.05) is 15.3 Å². The van der Waals surface area contributed by atoms with Gasteiger partial charge in [0.1, 0.15) is 5.82 Å². The minimum Gasteiger partial charge on any atom is -0.378 e. The molecule has 0 aliphatic rings. The van der Waals surface area contributed by atoms with Gasteiger partial charge < -0.3 is 5.32 Å². The fourth-order valence-electron chi connectivity index (χ4n) is 2.74. The van der Waals surface area contributed by atoms with E-state index in [1.54, 1.807) is 23.5 Å². The molecule has 0 aliphatic carbocycles. The standard InChI is InChI=1S/C18H18FNS/c1-11-8-14(19)10-15(9-11)20-13(3)18-12(2)16-6-4-5-7-17(16)21-18/h4-10,13,20H,1-3H3. The third-order valence-corrected chi connectivity index (χ3v) is 5.15. The van der Waals surface area contributed by atoms with Gasteiger partial charge in [0.05, 0.1) is 6.04 Å². The van der Waals surface area contributed by atoms with E-state index in [9.17, 15) is 4.39 Å². The van der Waals surface area contributed by atoms with Crippen molar-refractivity contribution in [1.29, 1.82) is 0 Å². The number of rotatable bonds is 3. The lowest BCUT2D eigenvalue weighted by Gasteiger charge is -2.15. The van der Waals surface area contributed by atoms with Crippen LogP contribution < -0.4 is 5.32 Å². The van der Waals surface area contributed by atoms with Gasteiger partial charge in [-0.15, -0.1) is 11.3 Å². The van der Waals surface area contributed by atoms with E-state index in [2.05, 4.69) is 43.4 Å². The molecule has 2 aromatic carbocycles. The molecular formula is C18H18FNS. The van der Waals surface area contributed by atoms with Crippen molar-refractivity contribution in [3.05, 3.63) is 64.3 Å². The molecular weight excluding hydrogens is 281 g/mol. The SMILES string of the molecule is Cc1cc(F)cc(NC(C)c2sc3ccccc3c2C)c1. The van der Waals surface area contributed by atoms with Crippen LogP contribution in [0.1, 0.15) is 29.0 Å². The fourth-order valence-corrected chi connectivity index (χ4v) is 3.95. The lowest BCUT2D eigenvalue weighted by atomic mass is 10.1. The molecule has 1 unspecified atom stereocenters. The van der Waals surface area contributed by atoms with Crippen LogP contribution in [0.25, 0.3) is 10.1 Å². The Hall–Kier alpha value is -1.87. The van der Waals surface area contributed by atoms with E-state index >= 15 is 0 Å². The Bertz CT molecular complexity index is 771. The summed E-state index contributed by atoms with van der Waals surface area (Å²) in [7, 11) is 0. The number of hydrogen-bond acceptors (Lipinski definition) is 2. The van der Waals surface area contributed by atoms with Gasteiger partial charge in [0.15, 0.2) is 0 Å². The molecule has 3 rings (SSSR count). The average Bonchev–Trinajstić information content (AvgIpc) is 2.76. The number of fused-ring (bicyclic) bond motifs is 1. The summed E-state index contributed by atoms with van der Waals surface area (Å²) in [6, 6.07) is 13.7. The first kappa shape index (κ1) is 14.1. The van der Waals surface area contributed by atoms with Gasteiger partial charge in [-0.2, -0.15) is 0 Å². The molecule has 21 heavy (non-hydrogen) atoms. The maximum Gasteiger partial charge on any atom is 0.125 e. The summed E-state index contributed by atoms with van der Waals surface area (Å²) in [5.41, 5.74) is 3.07. The van der Waals surface area contributed by atoms with E-state index in [0.717, 1.165) is 11.3 Å². The Balaban J connectivity index is 1.93. The first-order chi connectivity index (χ1) is 10.0. The van der Waals surface area contributed by atoms with Crippen LogP contribution >= 0.6 is 11.3 Å². The second-order valence-electron chi connectivity index (χ2n) is 5.47. The van der Waals surface area contributed by atoms with Crippen LogP contribution in [0.2, 0.25) is 0 Å². The molecule has 0 radical (unpaired) electrons. The zero-order chi connectivity index (χ0) is 15.0. The molecule has 0 bridgehead atoms. The highest BCUT2D eigenvalue weighted by molar-refractivity contribution is 7.19. The number of anilines is 1. The molecule has 0 saturated heterocycles. The molecule has 0 amide bonds. The highest BCUT2D eigenvalue weighted by Gasteiger charge is 2.14. The largest absolute Gasteiger partial charge is 0.378 e. The van der Waals surface area contributed by atoms with Crippen LogP contribution in [0.5, 0.6) is 0 Å². The molecule has 1 heterocycles. The third-order valence-electron chi connectivity index (χ3n) is 3.70. The minimum atomic E-state index is -0.197. The molecule has 1 atom stereocenters. The normalized spacial score (nSPS) is 12.6. The molecule has 3 aromatic rings. The fraction of sp³-hybridized carbons (Fsp3) is 0.222. The summed E-state index contributed by atoms with van der Waals surface area (Å²) < 4.78 is 14.8. The van der Waals surface area contributed by atoms with Crippen molar-refractivity contribution >= 4 is 27.1 Å². The molecule has 0 spiro atoms. The van der Waals surface area contributed by atoms with E-state index in [4.69, 9.17) is 0 Å². The summed E-state index contributed by atoms with van der Waals surface area (Å²) in [4.78, 5) is 1.30. The Morgan fingerprint density at radius 1 is 1.10 bits per heavy atom. The Labute approximate surface area is 128 Å². The summed E-state index contributed by atoms with van der Waals surface area (Å²) in [5.74, 6) is -0.197. The van der Waals surface area contributed by atoms with Crippen molar-refractivity contribution in [2.45, 2.75) is 26.8 Å². The van der Waals surface area contributed by atoms with Gasteiger partial charge in [-0.05, 0) is 61.5 Å². The van der Waals surface area contributed by atoms with Crippen LogP contribution in [0.15, 0.2) is 42.5 Å². The van der Waals surface area contributed by atoms with Crippen molar-refractivity contribution in [3.8, 4) is 0 Å². The number of aryl methyl sites for hydroxylation is 2. The number of thiophene rings is 1. The van der Waals surface area contributed by atoms with Crippen LogP contribution in [0.4, 0.5) is 10.1 Å². The van der Waals surface area contributed by atoms with Gasteiger partial charge in [0.25, 0.3) is 0 Å². The van der Waals surface area contributed by atoms with Crippen molar-refractivity contribution in [2.24, 2.45) is 0 Å². The number of halogens is 1. The van der Waals surface area contributed by atoms with Crippen molar-refractivity contribution in [1.82, 2.24) is 0 Å². The maximum absolute atomic E-state index is 13.5. The first-order valence-corrected chi connectivity index (χ1v) is 7.88. The number of nitrogens with one attached hydrogen (secondary N) is 1. The quantitative estimate of drug-likeness (QED) is 0.641. The third kappa shape index (κ3) is 2.79. The molecule has 0 aliphatic heterocycles. The van der Waals surface area contributed by atoms with E-state index in [1.165, 1.54) is 20.5 Å². The summed E-state index contributed by atoms with van der Waals surface area (Å²) in [6.07, 6.45) is 0. The van der Waals surface area contributed by atoms with Crippen molar-refractivity contribution < 1.29 is 4.39 Å². The summed E-state index contributed by atoms with van der Waals surface area (Å²) in [5, 5.41) is 4.72. The highest BCUT2D eigenvalue weighted by atomic mass is 32.1. The zero-order valence-corrected chi connectivity index (χ0v) is 13.2. The molecule has 3 heteroatoms. The van der Waals surface area contributed by atoms with Crippen LogP contribution in [0.3, 0.4) is 0 Å². The summed E-state index contributed by atoms with van der Waals surface area (Å²) in [6.45, 7) is 6.19. The second kappa shape index (κ2) is 5.49. The van der Waals surface area contributed by atoms with Crippen LogP contribution in [-0.2, 0) is 0 Å². The van der Waals surface area contributed by atoms with Crippen molar-refractivity contribution in [2.75, 3.05) is 5.32 Å². The first-order valence-electron chi connectivity index (χ1n) is 7.06. The minimum absolute atomic E-state index is 0.156. The van der Waals surface area contributed by atoms with Gasteiger partial charge >= 0.3 is 0 Å². The molecule has 0 fully saturated rings. The van der Waals surface area contributed by atoms with Gasteiger partial charge in [-0.1, -0.05) is 18.2 Å². The molecule has 108 valence electrons. The Kier molecular flexibility index (Phi) is 3.68. The van der Waals surface area contributed by atoms with Crippen molar-refractivity contribution in [3.63, 3.8) is 0 Å². The average molecular weight is 299 g/mol. The number of hydrogen-bond donors (Lipinski definition) is 1. The predicted molar refractivity (Wildman–Crippen MR) is 89.7 cm³/mol. The van der Waals surface area contributed by atoms with Gasteiger partial charge in [-0.25, -0.2) is 4.39 Å². The monoisotopic (exact) mass is 299 g/mol. The number of benzene rings is 2. The topological polar surface area (TPSA) is 12.0 Å². The lowest BCUT2D eigenvalue weighted by Crippen LogP contribution is -2.06. The summed E-state index contributed by atoms with van der Waals surface area (Å²) >= 11 is 1.80. The Morgan fingerprint density at radius 3 is 2.57 bits per heavy atom. The van der Waals surface area contributed by atoms with E-state index in [1.807, 2.05) is 13.0 Å². The molecule has 1 aromatic heterocycles. The van der Waals surface area contributed by atoms with Gasteiger partial charge in [-0.3, -0.25) is 0 Å². The predicted octanol–water partition coefficient (Wildman–Crippen LogP) is 5.83. The van der Waals surface area contributed by atoms with E-state index < -0.39 is 0 Å². The van der Waals surface area contributed by atoms with Gasteiger partial charge in [0.2, 0.25) is 0 Å². The Morgan fingerprint density at radius 2 is 1.86 bits per heavy atom. The second-order valence-corrected chi connectivity index (χ2v) is 6.55.